The zero-order valence-corrected chi connectivity index (χ0v) is 12.2. The first-order chi connectivity index (χ1) is 9.63. The van der Waals surface area contributed by atoms with Crippen LogP contribution in [0.25, 0.3) is 0 Å². The predicted octanol–water partition coefficient (Wildman–Crippen LogP) is 4.45. The molecule has 0 N–H and O–H groups in total. The van der Waals surface area contributed by atoms with Crippen molar-refractivity contribution in [1.29, 1.82) is 0 Å². The smallest absolute Gasteiger partial charge is 0.167 e. The summed E-state index contributed by atoms with van der Waals surface area (Å²) in [6, 6.07) is 10.9. The molecule has 0 unspecified atom stereocenters. The molecule has 0 saturated carbocycles. The summed E-state index contributed by atoms with van der Waals surface area (Å²) in [5.41, 5.74) is 3.68. The van der Waals surface area contributed by atoms with Crippen molar-refractivity contribution in [2.75, 3.05) is 0 Å². The molecule has 2 nitrogen and oxygen atoms in total. The molecule has 0 radical (unpaired) electrons. The highest BCUT2D eigenvalue weighted by Gasteiger charge is 2.15. The van der Waals surface area contributed by atoms with E-state index in [4.69, 9.17) is 27.9 Å². The van der Waals surface area contributed by atoms with E-state index in [1.54, 1.807) is 18.2 Å². The molecule has 0 amide bonds. The summed E-state index contributed by atoms with van der Waals surface area (Å²) in [5.74, 6) is 0.0314. The van der Waals surface area contributed by atoms with E-state index in [2.05, 4.69) is 0 Å². The van der Waals surface area contributed by atoms with Crippen LogP contribution in [0.5, 0.6) is 0 Å². The van der Waals surface area contributed by atoms with Crippen LogP contribution in [0.1, 0.15) is 27.0 Å². The van der Waals surface area contributed by atoms with E-state index in [-0.39, 0.29) is 12.2 Å². The van der Waals surface area contributed by atoms with Gasteiger partial charge in [0.2, 0.25) is 0 Å². The molecular formula is C16H12Cl2O2. The van der Waals surface area contributed by atoms with Crippen molar-refractivity contribution in [2.24, 2.45) is 0 Å². The average Bonchev–Trinajstić information content (AvgIpc) is 2.90. The van der Waals surface area contributed by atoms with Crippen LogP contribution in [-0.2, 0) is 24.4 Å². The number of hydrogen-bond acceptors (Lipinski definition) is 2. The van der Waals surface area contributed by atoms with Crippen molar-refractivity contribution in [3.05, 3.63) is 68.7 Å². The minimum Gasteiger partial charge on any atom is -0.372 e. The summed E-state index contributed by atoms with van der Waals surface area (Å²) in [6.07, 6.45) is 0.249. The van der Waals surface area contributed by atoms with Crippen molar-refractivity contribution < 1.29 is 9.53 Å². The van der Waals surface area contributed by atoms with Crippen molar-refractivity contribution in [3.8, 4) is 0 Å². The summed E-state index contributed by atoms with van der Waals surface area (Å²) in [7, 11) is 0. The van der Waals surface area contributed by atoms with Gasteiger partial charge in [0.15, 0.2) is 5.78 Å². The number of ketones is 1. The zero-order chi connectivity index (χ0) is 14.1. The van der Waals surface area contributed by atoms with Crippen LogP contribution >= 0.6 is 23.2 Å². The molecule has 102 valence electrons. The van der Waals surface area contributed by atoms with Crippen LogP contribution in [-0.4, -0.2) is 5.78 Å². The molecule has 20 heavy (non-hydrogen) atoms. The van der Waals surface area contributed by atoms with E-state index >= 15 is 0 Å². The summed E-state index contributed by atoms with van der Waals surface area (Å²) in [5, 5.41) is 1.15. The van der Waals surface area contributed by atoms with Crippen LogP contribution < -0.4 is 0 Å². The Labute approximate surface area is 127 Å². The molecule has 0 atom stereocenters. The molecule has 3 rings (SSSR count). The van der Waals surface area contributed by atoms with Crippen LogP contribution in [0.4, 0.5) is 0 Å². The van der Waals surface area contributed by atoms with E-state index in [9.17, 15) is 4.79 Å². The van der Waals surface area contributed by atoms with Crippen molar-refractivity contribution >= 4 is 29.0 Å². The number of Topliss-reactive ketones (excluding diaryl/α,β-unsaturated/α-hetero) is 1. The Hall–Kier alpha value is -1.35. The van der Waals surface area contributed by atoms with Gasteiger partial charge in [-0.1, -0.05) is 35.3 Å². The molecule has 2 aromatic rings. The number of hydrogen-bond donors (Lipinski definition) is 0. The number of ether oxygens (including phenoxy) is 1. The molecule has 0 aromatic heterocycles. The third-order valence-electron chi connectivity index (χ3n) is 3.40. The number of rotatable bonds is 3. The third-order valence-corrected chi connectivity index (χ3v) is 4.01. The summed E-state index contributed by atoms with van der Waals surface area (Å²) >= 11 is 12.0. The van der Waals surface area contributed by atoms with Gasteiger partial charge >= 0.3 is 0 Å². The average molecular weight is 307 g/mol. The SMILES string of the molecule is O=C(Cc1cc(Cl)ccc1Cl)c1ccc2c(c1)COC2. The summed E-state index contributed by atoms with van der Waals surface area (Å²) in [4.78, 5) is 12.3. The van der Waals surface area contributed by atoms with Crippen LogP contribution in [0.3, 0.4) is 0 Å². The maximum atomic E-state index is 12.3. The lowest BCUT2D eigenvalue weighted by Crippen LogP contribution is -2.05. The molecule has 0 spiro atoms. The van der Waals surface area contributed by atoms with E-state index in [1.165, 1.54) is 0 Å². The van der Waals surface area contributed by atoms with Gasteiger partial charge in [0.05, 0.1) is 13.2 Å². The highest BCUT2D eigenvalue weighted by molar-refractivity contribution is 6.33. The van der Waals surface area contributed by atoms with Gasteiger partial charge in [-0.15, -0.1) is 0 Å². The normalized spacial score (nSPS) is 13.3. The van der Waals surface area contributed by atoms with E-state index in [0.29, 0.717) is 28.8 Å². The Kier molecular flexibility index (Phi) is 3.79. The van der Waals surface area contributed by atoms with Crippen LogP contribution in [0, 0.1) is 0 Å². The molecule has 0 saturated heterocycles. The number of carbonyl (C=O) groups is 1. The first-order valence-electron chi connectivity index (χ1n) is 6.30. The second-order valence-electron chi connectivity index (χ2n) is 4.81. The molecule has 4 heteroatoms. The van der Waals surface area contributed by atoms with Gasteiger partial charge in [-0.3, -0.25) is 4.79 Å². The molecule has 1 aliphatic heterocycles. The minimum atomic E-state index is 0.0314. The molecule has 0 aliphatic carbocycles. The Morgan fingerprint density at radius 3 is 2.70 bits per heavy atom. The van der Waals surface area contributed by atoms with Crippen molar-refractivity contribution in [1.82, 2.24) is 0 Å². The highest BCUT2D eigenvalue weighted by atomic mass is 35.5. The molecule has 0 bridgehead atoms. The Bertz CT molecular complexity index is 680. The van der Waals surface area contributed by atoms with Gasteiger partial charge in [0, 0.05) is 22.0 Å². The Morgan fingerprint density at radius 2 is 1.85 bits per heavy atom. The zero-order valence-electron chi connectivity index (χ0n) is 10.7. The topological polar surface area (TPSA) is 26.3 Å². The fourth-order valence-electron chi connectivity index (χ4n) is 2.30. The lowest BCUT2D eigenvalue weighted by molar-refractivity contribution is 0.0993. The maximum Gasteiger partial charge on any atom is 0.167 e. The number of benzene rings is 2. The molecule has 1 heterocycles. The van der Waals surface area contributed by atoms with Crippen LogP contribution in [0.2, 0.25) is 10.0 Å². The lowest BCUT2D eigenvalue weighted by atomic mass is 9.99. The third kappa shape index (κ3) is 2.73. The van der Waals surface area contributed by atoms with Crippen molar-refractivity contribution in [2.45, 2.75) is 19.6 Å². The van der Waals surface area contributed by atoms with Gasteiger partial charge < -0.3 is 4.74 Å². The fourth-order valence-corrected chi connectivity index (χ4v) is 2.68. The molecular weight excluding hydrogens is 295 g/mol. The van der Waals surface area contributed by atoms with E-state index < -0.39 is 0 Å². The fraction of sp³-hybridized carbons (Fsp3) is 0.188. The molecule has 2 aromatic carbocycles. The number of halogens is 2. The van der Waals surface area contributed by atoms with E-state index in [1.807, 2.05) is 18.2 Å². The van der Waals surface area contributed by atoms with Gasteiger partial charge in [0.25, 0.3) is 0 Å². The Balaban J connectivity index is 1.84. The number of fused-ring (bicyclic) bond motifs is 1. The standard InChI is InChI=1S/C16H12Cl2O2/c17-14-3-4-15(18)12(6-14)7-16(19)10-1-2-11-8-20-9-13(11)5-10/h1-6H,7-9H2. The predicted molar refractivity (Wildman–Crippen MR) is 79.4 cm³/mol. The second kappa shape index (κ2) is 5.57. The summed E-state index contributed by atoms with van der Waals surface area (Å²) < 4.78 is 5.35. The van der Waals surface area contributed by atoms with Crippen LogP contribution in [0.15, 0.2) is 36.4 Å². The second-order valence-corrected chi connectivity index (χ2v) is 5.66. The highest BCUT2D eigenvalue weighted by Crippen LogP contribution is 2.24. The van der Waals surface area contributed by atoms with Crippen molar-refractivity contribution in [3.63, 3.8) is 0 Å². The van der Waals surface area contributed by atoms with Gasteiger partial charge in [-0.25, -0.2) is 0 Å². The molecule has 1 aliphatic rings. The molecule has 0 fully saturated rings. The first kappa shape index (κ1) is 13.6. The van der Waals surface area contributed by atoms with Gasteiger partial charge in [0.1, 0.15) is 0 Å². The largest absolute Gasteiger partial charge is 0.372 e. The summed E-state index contributed by atoms with van der Waals surface area (Å²) in [6.45, 7) is 1.21. The van der Waals surface area contributed by atoms with Gasteiger partial charge in [-0.05, 0) is 41.0 Å². The minimum absolute atomic E-state index is 0.0314. The maximum absolute atomic E-state index is 12.3. The lowest BCUT2D eigenvalue weighted by Gasteiger charge is -2.06. The van der Waals surface area contributed by atoms with Gasteiger partial charge in [-0.2, -0.15) is 0 Å². The Morgan fingerprint density at radius 1 is 1.05 bits per heavy atom. The number of carbonyl (C=O) groups excluding carboxylic acids is 1. The quantitative estimate of drug-likeness (QED) is 0.783. The monoisotopic (exact) mass is 306 g/mol. The van der Waals surface area contributed by atoms with E-state index in [0.717, 1.165) is 16.7 Å². The first-order valence-corrected chi connectivity index (χ1v) is 7.06.